The van der Waals surface area contributed by atoms with Crippen LogP contribution >= 0.6 is 46.1 Å². The SMILES string of the molecule is N#CC(=CNc1ccc(F)c(Cl)c1)c1nc(-c2ccc(Cl)c(Cl)c2)cs1. The summed E-state index contributed by atoms with van der Waals surface area (Å²) in [7, 11) is 0. The Morgan fingerprint density at radius 3 is 2.62 bits per heavy atom. The summed E-state index contributed by atoms with van der Waals surface area (Å²) < 4.78 is 13.2. The van der Waals surface area contributed by atoms with Gasteiger partial charge in [-0.25, -0.2) is 9.37 Å². The number of hydrogen-bond donors (Lipinski definition) is 1. The predicted octanol–water partition coefficient (Wildman–Crippen LogP) is 6.89. The van der Waals surface area contributed by atoms with E-state index in [1.54, 1.807) is 12.1 Å². The number of aromatic nitrogens is 1. The highest BCUT2D eigenvalue weighted by atomic mass is 35.5. The molecule has 0 saturated heterocycles. The van der Waals surface area contributed by atoms with E-state index in [2.05, 4.69) is 16.4 Å². The first-order valence-corrected chi connectivity index (χ1v) is 9.22. The van der Waals surface area contributed by atoms with Crippen LogP contribution in [0.3, 0.4) is 0 Å². The summed E-state index contributed by atoms with van der Waals surface area (Å²) in [5, 5.41) is 15.6. The number of hydrogen-bond acceptors (Lipinski definition) is 4. The van der Waals surface area contributed by atoms with E-state index in [1.807, 2.05) is 11.4 Å². The summed E-state index contributed by atoms with van der Waals surface area (Å²) in [4.78, 5) is 4.47. The zero-order chi connectivity index (χ0) is 18.7. The molecule has 0 aliphatic rings. The first-order valence-electron chi connectivity index (χ1n) is 7.21. The van der Waals surface area contributed by atoms with E-state index in [0.717, 1.165) is 5.56 Å². The zero-order valence-electron chi connectivity index (χ0n) is 12.9. The van der Waals surface area contributed by atoms with Crippen LogP contribution in [0, 0.1) is 17.1 Å². The van der Waals surface area contributed by atoms with Crippen LogP contribution in [0.5, 0.6) is 0 Å². The molecule has 0 atom stereocenters. The Morgan fingerprint density at radius 1 is 1.12 bits per heavy atom. The highest BCUT2D eigenvalue weighted by Crippen LogP contribution is 2.31. The predicted molar refractivity (Wildman–Crippen MR) is 106 cm³/mol. The van der Waals surface area contributed by atoms with Gasteiger partial charge in [-0.3, -0.25) is 0 Å². The summed E-state index contributed by atoms with van der Waals surface area (Å²) in [6, 6.07) is 11.5. The van der Waals surface area contributed by atoms with Gasteiger partial charge in [0.25, 0.3) is 0 Å². The lowest BCUT2D eigenvalue weighted by atomic mass is 10.2. The molecule has 0 radical (unpaired) electrons. The van der Waals surface area contributed by atoms with Crippen molar-refractivity contribution in [3.8, 4) is 17.3 Å². The van der Waals surface area contributed by atoms with Crippen LogP contribution in [0.15, 0.2) is 48.0 Å². The minimum absolute atomic E-state index is 0.00180. The molecule has 3 nitrogen and oxygen atoms in total. The third kappa shape index (κ3) is 4.17. The van der Waals surface area contributed by atoms with Gasteiger partial charge in [-0.05, 0) is 30.3 Å². The lowest BCUT2D eigenvalue weighted by Gasteiger charge is -2.03. The van der Waals surface area contributed by atoms with Crippen molar-refractivity contribution in [2.45, 2.75) is 0 Å². The standard InChI is InChI=1S/C18H9Cl3FN3S/c19-13-3-1-10(5-14(13)20)17-9-26-18(25-17)11(7-23)8-24-12-2-4-16(22)15(21)6-12/h1-6,8-9,24H. The second-order valence-corrected chi connectivity index (χ2v) is 7.19. The molecule has 1 heterocycles. The molecule has 0 bridgehead atoms. The molecule has 0 spiro atoms. The number of thiazole rings is 1. The van der Waals surface area contributed by atoms with Gasteiger partial charge in [0.2, 0.25) is 0 Å². The smallest absolute Gasteiger partial charge is 0.141 e. The number of anilines is 1. The molecule has 0 fully saturated rings. The van der Waals surface area contributed by atoms with Gasteiger partial charge in [0.05, 0.1) is 20.8 Å². The number of nitrogens with one attached hydrogen (secondary N) is 1. The Balaban J connectivity index is 1.84. The van der Waals surface area contributed by atoms with Gasteiger partial charge in [-0.1, -0.05) is 40.9 Å². The van der Waals surface area contributed by atoms with Gasteiger partial charge in [0.1, 0.15) is 22.5 Å². The molecule has 0 aliphatic heterocycles. The van der Waals surface area contributed by atoms with Crippen molar-refractivity contribution in [2.75, 3.05) is 5.32 Å². The normalized spacial score (nSPS) is 11.3. The van der Waals surface area contributed by atoms with E-state index in [4.69, 9.17) is 34.8 Å². The van der Waals surface area contributed by atoms with Crippen LogP contribution in [0.25, 0.3) is 16.8 Å². The molecule has 0 saturated carbocycles. The van der Waals surface area contributed by atoms with Crippen LogP contribution in [0.2, 0.25) is 15.1 Å². The van der Waals surface area contributed by atoms with Crippen LogP contribution in [-0.4, -0.2) is 4.98 Å². The lowest BCUT2D eigenvalue weighted by molar-refractivity contribution is 0.628. The van der Waals surface area contributed by atoms with Gasteiger partial charge >= 0.3 is 0 Å². The van der Waals surface area contributed by atoms with Crippen molar-refractivity contribution in [2.24, 2.45) is 0 Å². The fourth-order valence-corrected chi connectivity index (χ4v) is 3.34. The van der Waals surface area contributed by atoms with Crippen molar-refractivity contribution in [1.29, 1.82) is 5.26 Å². The highest BCUT2D eigenvalue weighted by molar-refractivity contribution is 7.11. The minimum atomic E-state index is -0.507. The number of nitrogens with zero attached hydrogens (tertiary/aromatic N) is 2. The fraction of sp³-hybridized carbons (Fsp3) is 0. The number of rotatable bonds is 4. The molecule has 0 aliphatic carbocycles. The van der Waals surface area contributed by atoms with E-state index < -0.39 is 5.82 Å². The van der Waals surface area contributed by atoms with Gasteiger partial charge < -0.3 is 5.32 Å². The second-order valence-electron chi connectivity index (χ2n) is 5.11. The summed E-state index contributed by atoms with van der Waals surface area (Å²) in [6.45, 7) is 0. The van der Waals surface area contributed by atoms with E-state index in [0.29, 0.717) is 32.0 Å². The van der Waals surface area contributed by atoms with Crippen molar-refractivity contribution >= 4 is 57.4 Å². The zero-order valence-corrected chi connectivity index (χ0v) is 16.0. The van der Waals surface area contributed by atoms with Gasteiger partial charge in [0, 0.05) is 22.8 Å². The molecule has 26 heavy (non-hydrogen) atoms. The molecule has 2 aromatic carbocycles. The molecule has 3 rings (SSSR count). The van der Waals surface area contributed by atoms with Crippen LogP contribution in [-0.2, 0) is 0 Å². The topological polar surface area (TPSA) is 48.7 Å². The summed E-state index contributed by atoms with van der Waals surface area (Å²) in [5.41, 5.74) is 2.39. The van der Waals surface area contributed by atoms with Crippen molar-refractivity contribution in [3.05, 3.63) is 73.9 Å². The first-order chi connectivity index (χ1) is 12.5. The quantitative estimate of drug-likeness (QED) is 0.464. The molecular weight excluding hydrogens is 416 g/mol. The number of nitriles is 1. The van der Waals surface area contributed by atoms with E-state index in [9.17, 15) is 9.65 Å². The molecule has 0 unspecified atom stereocenters. The maximum Gasteiger partial charge on any atom is 0.141 e. The van der Waals surface area contributed by atoms with E-state index >= 15 is 0 Å². The Bertz CT molecular complexity index is 1040. The molecule has 1 N–H and O–H groups in total. The molecule has 0 amide bonds. The van der Waals surface area contributed by atoms with Crippen LogP contribution < -0.4 is 5.32 Å². The van der Waals surface area contributed by atoms with Crippen molar-refractivity contribution in [3.63, 3.8) is 0 Å². The average molecular weight is 425 g/mol. The molecule has 1 aromatic heterocycles. The number of allylic oxidation sites excluding steroid dienone is 1. The molecular formula is C18H9Cl3FN3S. The Hall–Kier alpha value is -2.10. The Kier molecular flexibility index (Phi) is 5.80. The van der Waals surface area contributed by atoms with Crippen molar-refractivity contribution in [1.82, 2.24) is 4.98 Å². The Morgan fingerprint density at radius 2 is 1.92 bits per heavy atom. The highest BCUT2D eigenvalue weighted by Gasteiger charge is 2.10. The second kappa shape index (κ2) is 8.07. The van der Waals surface area contributed by atoms with E-state index in [-0.39, 0.29) is 5.02 Å². The third-order valence-corrected chi connectivity index (χ3v) is 5.28. The molecule has 130 valence electrons. The number of benzene rings is 2. The van der Waals surface area contributed by atoms with E-state index in [1.165, 1.54) is 35.7 Å². The maximum atomic E-state index is 13.2. The maximum absolute atomic E-state index is 13.2. The summed E-state index contributed by atoms with van der Waals surface area (Å²) in [5.74, 6) is -0.507. The minimum Gasteiger partial charge on any atom is -0.360 e. The van der Waals surface area contributed by atoms with Gasteiger partial charge in [0.15, 0.2) is 0 Å². The largest absolute Gasteiger partial charge is 0.360 e. The molecule has 8 heteroatoms. The lowest BCUT2D eigenvalue weighted by Crippen LogP contribution is -1.92. The van der Waals surface area contributed by atoms with Gasteiger partial charge in [-0.15, -0.1) is 11.3 Å². The molecule has 3 aromatic rings. The van der Waals surface area contributed by atoms with Gasteiger partial charge in [-0.2, -0.15) is 5.26 Å². The van der Waals surface area contributed by atoms with Crippen LogP contribution in [0.4, 0.5) is 10.1 Å². The summed E-state index contributed by atoms with van der Waals surface area (Å²) >= 11 is 19.0. The Labute approximate surface area is 168 Å². The third-order valence-electron chi connectivity index (χ3n) is 3.37. The number of halogens is 4. The summed E-state index contributed by atoms with van der Waals surface area (Å²) in [6.07, 6.45) is 1.50. The monoisotopic (exact) mass is 423 g/mol. The van der Waals surface area contributed by atoms with Crippen LogP contribution in [0.1, 0.15) is 5.01 Å². The average Bonchev–Trinajstić information content (AvgIpc) is 3.11. The first kappa shape index (κ1) is 18.7. The van der Waals surface area contributed by atoms with Crippen molar-refractivity contribution < 1.29 is 4.39 Å². The fourth-order valence-electron chi connectivity index (χ4n) is 2.07.